The van der Waals surface area contributed by atoms with E-state index in [0.29, 0.717) is 11.8 Å². The van der Waals surface area contributed by atoms with E-state index in [1.54, 1.807) is 30.2 Å². The van der Waals surface area contributed by atoms with Crippen molar-refractivity contribution in [2.45, 2.75) is 6.92 Å². The smallest absolute Gasteiger partial charge is 0.314 e. The van der Waals surface area contributed by atoms with E-state index in [0.717, 1.165) is 0 Å². The molecule has 0 aromatic carbocycles. The third-order valence-electron chi connectivity index (χ3n) is 1.24. The first-order valence-corrected chi connectivity index (χ1v) is 3.15. The van der Waals surface area contributed by atoms with Crippen LogP contribution in [-0.2, 0) is 0 Å². The van der Waals surface area contributed by atoms with Crippen LogP contribution >= 0.6 is 0 Å². The zero-order valence-electron chi connectivity index (χ0n) is 5.93. The van der Waals surface area contributed by atoms with Gasteiger partial charge in [-0.15, -0.1) is 0 Å². The summed E-state index contributed by atoms with van der Waals surface area (Å²) in [4.78, 5) is 7.84. The maximum atomic E-state index is 4.87. The van der Waals surface area contributed by atoms with Crippen molar-refractivity contribution in [1.82, 2.24) is 19.7 Å². The molecule has 0 aliphatic rings. The Kier molecular flexibility index (Phi) is 1.21. The van der Waals surface area contributed by atoms with Crippen LogP contribution in [0.1, 0.15) is 5.82 Å². The summed E-state index contributed by atoms with van der Waals surface area (Å²) < 4.78 is 6.52. The summed E-state index contributed by atoms with van der Waals surface area (Å²) in [6, 6.07) is 0.444. The van der Waals surface area contributed by atoms with Crippen LogP contribution in [0.25, 0.3) is 6.01 Å². The van der Waals surface area contributed by atoms with E-state index >= 15 is 0 Å². The van der Waals surface area contributed by atoms with Crippen LogP contribution in [-0.4, -0.2) is 19.7 Å². The van der Waals surface area contributed by atoms with Crippen LogP contribution < -0.4 is 0 Å². The van der Waals surface area contributed by atoms with Crippen LogP contribution in [0.2, 0.25) is 0 Å². The highest BCUT2D eigenvalue weighted by molar-refractivity contribution is 5.04. The minimum atomic E-state index is 0.444. The van der Waals surface area contributed by atoms with Gasteiger partial charge in [0.2, 0.25) is 0 Å². The zero-order chi connectivity index (χ0) is 7.68. The molecule has 5 heteroatoms. The van der Waals surface area contributed by atoms with Gasteiger partial charge in [-0.2, -0.15) is 4.98 Å². The molecule has 0 saturated carbocycles. The Morgan fingerprint density at radius 1 is 1.55 bits per heavy atom. The van der Waals surface area contributed by atoms with Crippen molar-refractivity contribution >= 4 is 0 Å². The molecule has 56 valence electrons. The van der Waals surface area contributed by atoms with Crippen molar-refractivity contribution in [3.05, 3.63) is 24.5 Å². The first kappa shape index (κ1) is 6.09. The highest BCUT2D eigenvalue weighted by Crippen LogP contribution is 2.01. The molecule has 0 aliphatic carbocycles. The Bertz CT molecular complexity index is 337. The molecule has 0 fully saturated rings. The lowest BCUT2D eigenvalue weighted by molar-refractivity contribution is 0.398. The van der Waals surface area contributed by atoms with Crippen LogP contribution in [0.5, 0.6) is 0 Å². The molecular weight excluding hydrogens is 144 g/mol. The number of imidazole rings is 1. The Morgan fingerprint density at radius 3 is 3.00 bits per heavy atom. The number of hydrogen-bond acceptors (Lipinski definition) is 4. The second-order valence-corrected chi connectivity index (χ2v) is 2.09. The van der Waals surface area contributed by atoms with E-state index < -0.39 is 0 Å². The van der Waals surface area contributed by atoms with Crippen molar-refractivity contribution < 1.29 is 4.52 Å². The molecule has 0 radical (unpaired) electrons. The van der Waals surface area contributed by atoms with Crippen molar-refractivity contribution in [2.24, 2.45) is 0 Å². The first-order chi connectivity index (χ1) is 5.36. The summed E-state index contributed by atoms with van der Waals surface area (Å²) in [6.45, 7) is 1.77. The van der Waals surface area contributed by atoms with Gasteiger partial charge in [-0.1, -0.05) is 5.16 Å². The fraction of sp³-hybridized carbons (Fsp3) is 0.167. The molecule has 2 heterocycles. The normalized spacial score (nSPS) is 10.3. The molecule has 0 bridgehead atoms. The molecule has 0 amide bonds. The van der Waals surface area contributed by atoms with E-state index in [1.807, 2.05) is 0 Å². The molecule has 5 nitrogen and oxygen atoms in total. The zero-order valence-corrected chi connectivity index (χ0v) is 5.93. The quantitative estimate of drug-likeness (QED) is 0.596. The van der Waals surface area contributed by atoms with E-state index in [-0.39, 0.29) is 0 Å². The maximum Gasteiger partial charge on any atom is 0.333 e. The van der Waals surface area contributed by atoms with Gasteiger partial charge in [0.1, 0.15) is 6.33 Å². The molecule has 0 saturated heterocycles. The van der Waals surface area contributed by atoms with Crippen LogP contribution in [0.4, 0.5) is 0 Å². The van der Waals surface area contributed by atoms with Gasteiger partial charge < -0.3 is 4.52 Å². The van der Waals surface area contributed by atoms with Gasteiger partial charge in [0.05, 0.1) is 0 Å². The van der Waals surface area contributed by atoms with Gasteiger partial charge in [0.25, 0.3) is 0 Å². The van der Waals surface area contributed by atoms with Gasteiger partial charge in [0, 0.05) is 12.4 Å². The Balaban J connectivity index is 2.45. The number of rotatable bonds is 1. The second-order valence-electron chi connectivity index (χ2n) is 2.09. The van der Waals surface area contributed by atoms with Crippen molar-refractivity contribution in [2.75, 3.05) is 0 Å². The van der Waals surface area contributed by atoms with Crippen LogP contribution in [0.3, 0.4) is 0 Å². The molecule has 2 rings (SSSR count). The van der Waals surface area contributed by atoms with Gasteiger partial charge in [-0.3, -0.25) is 4.57 Å². The molecule has 0 aliphatic heterocycles. The first-order valence-electron chi connectivity index (χ1n) is 3.15. The van der Waals surface area contributed by atoms with E-state index in [9.17, 15) is 0 Å². The number of aromatic nitrogens is 4. The third kappa shape index (κ3) is 1.000. The summed E-state index contributed by atoms with van der Waals surface area (Å²) in [6.07, 6.45) is 5.00. The second kappa shape index (κ2) is 2.19. The molecule has 2 aromatic rings. The maximum absolute atomic E-state index is 4.87. The highest BCUT2D eigenvalue weighted by atomic mass is 16.5. The standard InChI is InChI=1S/C6H6N4O/c1-5-8-6(11-9-5)10-3-2-7-4-10/h2-4H,1H3. The van der Waals surface area contributed by atoms with Crippen molar-refractivity contribution in [3.8, 4) is 6.01 Å². The largest absolute Gasteiger partial charge is 0.333 e. The van der Waals surface area contributed by atoms with Crippen LogP contribution in [0.15, 0.2) is 23.2 Å². The van der Waals surface area contributed by atoms with Gasteiger partial charge in [-0.25, -0.2) is 4.98 Å². The summed E-state index contributed by atoms with van der Waals surface area (Å²) in [5, 5.41) is 3.64. The predicted octanol–water partition coefficient (Wildman–Crippen LogP) is 0.564. The Hall–Kier alpha value is -1.65. The fourth-order valence-corrected chi connectivity index (χ4v) is 0.763. The lowest BCUT2D eigenvalue weighted by Gasteiger charge is -1.87. The molecule has 0 atom stereocenters. The fourth-order valence-electron chi connectivity index (χ4n) is 0.763. The third-order valence-corrected chi connectivity index (χ3v) is 1.24. The summed E-state index contributed by atoms with van der Waals surface area (Å²) >= 11 is 0. The number of hydrogen-bond donors (Lipinski definition) is 0. The minimum absolute atomic E-state index is 0.444. The SMILES string of the molecule is Cc1noc(-n2ccnc2)n1. The van der Waals surface area contributed by atoms with E-state index in [1.165, 1.54) is 0 Å². The van der Waals surface area contributed by atoms with Crippen LogP contribution in [0, 0.1) is 6.92 Å². The summed E-state index contributed by atoms with van der Waals surface area (Å²) in [7, 11) is 0. The lowest BCUT2D eigenvalue weighted by atomic mass is 10.7. The molecular formula is C6H6N4O. The lowest BCUT2D eigenvalue weighted by Crippen LogP contribution is -1.88. The Morgan fingerprint density at radius 2 is 2.45 bits per heavy atom. The van der Waals surface area contributed by atoms with E-state index in [2.05, 4.69) is 15.1 Å². The Labute approximate surface area is 62.7 Å². The van der Waals surface area contributed by atoms with Gasteiger partial charge >= 0.3 is 6.01 Å². The number of nitrogens with zero attached hydrogens (tertiary/aromatic N) is 4. The van der Waals surface area contributed by atoms with Crippen molar-refractivity contribution in [1.29, 1.82) is 0 Å². The number of aryl methyl sites for hydroxylation is 1. The monoisotopic (exact) mass is 150 g/mol. The average Bonchev–Trinajstić information content (AvgIpc) is 2.55. The summed E-state index contributed by atoms with van der Waals surface area (Å²) in [5.41, 5.74) is 0. The summed E-state index contributed by atoms with van der Waals surface area (Å²) in [5.74, 6) is 0.619. The highest BCUT2D eigenvalue weighted by Gasteiger charge is 2.02. The topological polar surface area (TPSA) is 56.7 Å². The van der Waals surface area contributed by atoms with Crippen molar-refractivity contribution in [3.63, 3.8) is 0 Å². The van der Waals surface area contributed by atoms with Gasteiger partial charge in [0.15, 0.2) is 5.82 Å². The average molecular weight is 150 g/mol. The van der Waals surface area contributed by atoms with E-state index in [4.69, 9.17) is 4.52 Å². The van der Waals surface area contributed by atoms with Gasteiger partial charge in [-0.05, 0) is 6.92 Å². The molecule has 0 unspecified atom stereocenters. The molecule has 2 aromatic heterocycles. The molecule has 0 N–H and O–H groups in total. The molecule has 0 spiro atoms. The molecule has 11 heavy (non-hydrogen) atoms. The predicted molar refractivity (Wildman–Crippen MR) is 36.2 cm³/mol. The minimum Gasteiger partial charge on any atom is -0.314 e.